The summed E-state index contributed by atoms with van der Waals surface area (Å²) in [5.41, 5.74) is 2.31. The molecule has 2 aromatic rings. The van der Waals surface area contributed by atoms with E-state index in [1.807, 2.05) is 24.0 Å². The number of hydrogen-bond donors (Lipinski definition) is 1. The number of nitrogens with zero attached hydrogens (tertiary/aromatic N) is 2. The van der Waals surface area contributed by atoms with E-state index in [1.165, 1.54) is 22.0 Å². The maximum absolute atomic E-state index is 13.1. The van der Waals surface area contributed by atoms with Gasteiger partial charge in [0.1, 0.15) is 5.82 Å². The highest BCUT2D eigenvalue weighted by molar-refractivity contribution is 7.89. The fourth-order valence-electron chi connectivity index (χ4n) is 3.50. The summed E-state index contributed by atoms with van der Waals surface area (Å²) in [7, 11) is -3.65. The molecule has 1 atom stereocenters. The molecule has 0 spiro atoms. The summed E-state index contributed by atoms with van der Waals surface area (Å²) in [6.45, 7) is 5.79. The van der Waals surface area contributed by atoms with Gasteiger partial charge in [-0.1, -0.05) is 31.2 Å². The molecule has 1 aliphatic rings. The Labute approximate surface area is 177 Å². The second-order valence-corrected chi connectivity index (χ2v) is 9.46. The van der Waals surface area contributed by atoms with Crippen LogP contribution in [-0.4, -0.2) is 56.3 Å². The van der Waals surface area contributed by atoms with Gasteiger partial charge in [0.05, 0.1) is 17.5 Å². The minimum atomic E-state index is -3.65. The Morgan fingerprint density at radius 2 is 1.63 bits per heavy atom. The summed E-state index contributed by atoms with van der Waals surface area (Å²) < 4.78 is 39.8. The van der Waals surface area contributed by atoms with Crippen molar-refractivity contribution in [1.82, 2.24) is 14.5 Å². The molecule has 6 nitrogen and oxygen atoms in total. The van der Waals surface area contributed by atoms with Crippen molar-refractivity contribution in [2.24, 2.45) is 0 Å². The Hall–Kier alpha value is -2.29. The van der Waals surface area contributed by atoms with E-state index in [1.54, 1.807) is 0 Å². The Kier molecular flexibility index (Phi) is 7.23. The fourth-order valence-corrected chi connectivity index (χ4v) is 4.92. The molecule has 0 aliphatic carbocycles. The van der Waals surface area contributed by atoms with Gasteiger partial charge in [-0.25, -0.2) is 12.8 Å². The van der Waals surface area contributed by atoms with Crippen molar-refractivity contribution in [2.75, 3.05) is 32.7 Å². The molecule has 1 saturated heterocycles. The largest absolute Gasteiger partial charge is 0.348 e. The van der Waals surface area contributed by atoms with E-state index in [2.05, 4.69) is 24.4 Å². The Bertz CT molecular complexity index is 954. The van der Waals surface area contributed by atoms with Crippen molar-refractivity contribution in [3.8, 4) is 0 Å². The number of nitrogens with one attached hydrogen (secondary N) is 1. The van der Waals surface area contributed by atoms with Crippen LogP contribution in [0, 0.1) is 5.82 Å². The number of aryl methyl sites for hydroxylation is 1. The summed E-state index contributed by atoms with van der Waals surface area (Å²) >= 11 is 0. The van der Waals surface area contributed by atoms with E-state index >= 15 is 0 Å². The van der Waals surface area contributed by atoms with E-state index in [9.17, 15) is 17.6 Å². The standard InChI is InChI=1S/C22H28FN3O3S/c1-3-18-4-6-19(7-5-18)17(2)24-22(27)16-25-12-14-26(15-13-25)30(28,29)21-10-8-20(23)9-11-21/h4-11,17H,3,12-16H2,1-2H3,(H,24,27)/t17-/m0/s1. The third-order valence-electron chi connectivity index (χ3n) is 5.42. The third-order valence-corrected chi connectivity index (χ3v) is 7.33. The molecule has 1 N–H and O–H groups in total. The average molecular weight is 434 g/mol. The number of benzene rings is 2. The monoisotopic (exact) mass is 433 g/mol. The maximum Gasteiger partial charge on any atom is 0.243 e. The number of halogens is 1. The van der Waals surface area contributed by atoms with Gasteiger partial charge < -0.3 is 5.32 Å². The molecule has 162 valence electrons. The van der Waals surface area contributed by atoms with Gasteiger partial charge in [0.25, 0.3) is 0 Å². The summed E-state index contributed by atoms with van der Waals surface area (Å²) in [6.07, 6.45) is 0.976. The molecule has 1 aliphatic heterocycles. The second-order valence-electron chi connectivity index (χ2n) is 7.52. The summed E-state index contributed by atoms with van der Waals surface area (Å²) in [5, 5.41) is 3.01. The minimum absolute atomic E-state index is 0.0815. The van der Waals surface area contributed by atoms with Gasteiger partial charge in [-0.05, 0) is 48.7 Å². The van der Waals surface area contributed by atoms with Crippen molar-refractivity contribution >= 4 is 15.9 Å². The molecular formula is C22H28FN3O3S. The lowest BCUT2D eigenvalue weighted by atomic mass is 10.1. The maximum atomic E-state index is 13.1. The molecule has 8 heteroatoms. The number of amides is 1. The predicted molar refractivity (Wildman–Crippen MR) is 114 cm³/mol. The van der Waals surface area contributed by atoms with E-state index in [0.29, 0.717) is 26.2 Å². The summed E-state index contributed by atoms with van der Waals surface area (Å²) in [5.74, 6) is -0.558. The zero-order valence-electron chi connectivity index (χ0n) is 17.3. The number of sulfonamides is 1. The molecule has 0 bridgehead atoms. The highest BCUT2D eigenvalue weighted by Crippen LogP contribution is 2.18. The predicted octanol–water partition coefficient (Wildman–Crippen LogP) is 2.57. The zero-order chi connectivity index (χ0) is 21.7. The first kappa shape index (κ1) is 22.4. The number of piperazine rings is 1. The number of hydrogen-bond acceptors (Lipinski definition) is 4. The van der Waals surface area contributed by atoms with Crippen LogP contribution in [0.25, 0.3) is 0 Å². The van der Waals surface area contributed by atoms with Gasteiger partial charge >= 0.3 is 0 Å². The minimum Gasteiger partial charge on any atom is -0.348 e. The number of rotatable bonds is 7. The van der Waals surface area contributed by atoms with Crippen LogP contribution in [0.15, 0.2) is 53.4 Å². The first-order valence-electron chi connectivity index (χ1n) is 10.2. The van der Waals surface area contributed by atoms with Gasteiger partial charge in [-0.3, -0.25) is 9.69 Å². The zero-order valence-corrected chi connectivity index (χ0v) is 18.2. The molecular weight excluding hydrogens is 405 g/mol. The van der Waals surface area contributed by atoms with E-state index in [4.69, 9.17) is 0 Å². The highest BCUT2D eigenvalue weighted by atomic mass is 32.2. The van der Waals surface area contributed by atoms with Crippen LogP contribution in [0.1, 0.15) is 31.0 Å². The van der Waals surface area contributed by atoms with Crippen LogP contribution in [0.2, 0.25) is 0 Å². The normalized spacial score (nSPS) is 16.9. The molecule has 0 unspecified atom stereocenters. The van der Waals surface area contributed by atoms with Gasteiger partial charge in [0.15, 0.2) is 0 Å². The molecule has 2 aromatic carbocycles. The highest BCUT2D eigenvalue weighted by Gasteiger charge is 2.29. The van der Waals surface area contributed by atoms with Crippen molar-refractivity contribution in [2.45, 2.75) is 31.2 Å². The molecule has 1 heterocycles. The van der Waals surface area contributed by atoms with E-state index in [-0.39, 0.29) is 23.4 Å². The molecule has 0 saturated carbocycles. The van der Waals surface area contributed by atoms with Crippen molar-refractivity contribution in [3.63, 3.8) is 0 Å². The molecule has 30 heavy (non-hydrogen) atoms. The molecule has 0 aromatic heterocycles. The number of carbonyl (C=O) groups excluding carboxylic acids is 1. The van der Waals surface area contributed by atoms with Crippen molar-refractivity contribution in [1.29, 1.82) is 0 Å². The Morgan fingerprint density at radius 1 is 1.03 bits per heavy atom. The lowest BCUT2D eigenvalue weighted by Crippen LogP contribution is -2.51. The Morgan fingerprint density at radius 3 is 2.20 bits per heavy atom. The van der Waals surface area contributed by atoms with Crippen LogP contribution in [-0.2, 0) is 21.2 Å². The van der Waals surface area contributed by atoms with Crippen molar-refractivity contribution in [3.05, 3.63) is 65.5 Å². The SMILES string of the molecule is CCc1ccc([C@H](C)NC(=O)CN2CCN(S(=O)(=O)c3ccc(F)cc3)CC2)cc1. The first-order chi connectivity index (χ1) is 14.3. The lowest BCUT2D eigenvalue weighted by molar-refractivity contribution is -0.123. The fraction of sp³-hybridized carbons (Fsp3) is 0.409. The average Bonchev–Trinajstić information content (AvgIpc) is 2.74. The van der Waals surface area contributed by atoms with E-state index in [0.717, 1.165) is 24.1 Å². The second kappa shape index (κ2) is 9.68. The lowest BCUT2D eigenvalue weighted by Gasteiger charge is -2.33. The van der Waals surface area contributed by atoms with Crippen LogP contribution in [0.3, 0.4) is 0 Å². The van der Waals surface area contributed by atoms with Crippen LogP contribution in [0.5, 0.6) is 0 Å². The smallest absolute Gasteiger partial charge is 0.243 e. The quantitative estimate of drug-likeness (QED) is 0.729. The Balaban J connectivity index is 1.50. The van der Waals surface area contributed by atoms with Gasteiger partial charge in [0.2, 0.25) is 15.9 Å². The molecule has 3 rings (SSSR count). The van der Waals surface area contributed by atoms with Gasteiger partial charge in [0, 0.05) is 26.2 Å². The molecule has 1 fully saturated rings. The first-order valence-corrected chi connectivity index (χ1v) is 11.6. The number of carbonyl (C=O) groups is 1. The summed E-state index contributed by atoms with van der Waals surface area (Å²) in [4.78, 5) is 14.5. The van der Waals surface area contributed by atoms with Gasteiger partial charge in [-0.15, -0.1) is 0 Å². The van der Waals surface area contributed by atoms with Crippen molar-refractivity contribution < 1.29 is 17.6 Å². The molecule has 1 amide bonds. The third kappa shape index (κ3) is 5.44. The topological polar surface area (TPSA) is 69.7 Å². The van der Waals surface area contributed by atoms with E-state index < -0.39 is 15.8 Å². The molecule has 0 radical (unpaired) electrons. The van der Waals surface area contributed by atoms with Crippen LogP contribution >= 0.6 is 0 Å². The van der Waals surface area contributed by atoms with Crippen LogP contribution < -0.4 is 5.32 Å². The van der Waals surface area contributed by atoms with Crippen LogP contribution in [0.4, 0.5) is 4.39 Å². The van der Waals surface area contributed by atoms with Gasteiger partial charge in [-0.2, -0.15) is 4.31 Å². The summed E-state index contributed by atoms with van der Waals surface area (Å²) in [6, 6.07) is 12.9.